The van der Waals surface area contributed by atoms with Crippen molar-refractivity contribution >= 4 is 46.6 Å². The van der Waals surface area contributed by atoms with Crippen LogP contribution in [0.3, 0.4) is 0 Å². The van der Waals surface area contributed by atoms with Crippen molar-refractivity contribution in [2.24, 2.45) is 5.92 Å². The van der Waals surface area contributed by atoms with Gasteiger partial charge < -0.3 is 14.5 Å². The number of nitrogens with one attached hydrogen (secondary N) is 1. The summed E-state index contributed by atoms with van der Waals surface area (Å²) in [6.45, 7) is 1.58. The first kappa shape index (κ1) is 26.0. The molecule has 0 radical (unpaired) electrons. The molecule has 1 fully saturated rings. The summed E-state index contributed by atoms with van der Waals surface area (Å²) in [6, 6.07) is 10.9. The summed E-state index contributed by atoms with van der Waals surface area (Å²) in [5.74, 6) is -3.56. The van der Waals surface area contributed by atoms with Crippen molar-refractivity contribution < 1.29 is 37.0 Å². The van der Waals surface area contributed by atoms with Gasteiger partial charge in [0.05, 0.1) is 28.8 Å². The molecule has 3 atom stereocenters. The lowest BCUT2D eigenvalue weighted by molar-refractivity contribution is -0.145. The molecule has 2 aliphatic rings. The van der Waals surface area contributed by atoms with E-state index >= 15 is 0 Å². The number of esters is 1. The molecule has 0 spiro atoms. The van der Waals surface area contributed by atoms with Crippen molar-refractivity contribution in [2.45, 2.75) is 29.3 Å². The zero-order chi connectivity index (χ0) is 27.2. The molecule has 2 aliphatic heterocycles. The van der Waals surface area contributed by atoms with E-state index in [1.54, 1.807) is 31.2 Å². The maximum atomic E-state index is 13.7. The lowest BCUT2D eigenvalue weighted by Gasteiger charge is -2.29. The van der Waals surface area contributed by atoms with E-state index in [0.29, 0.717) is 26.1 Å². The number of ether oxygens (including phenoxy) is 2. The molecule has 2 amide bonds. The van der Waals surface area contributed by atoms with Gasteiger partial charge in [0.15, 0.2) is 6.61 Å². The lowest BCUT2D eigenvalue weighted by atomic mass is 9.83. The number of aromatic amines is 1. The number of hydrogen-bond donors (Lipinski definition) is 1. The van der Waals surface area contributed by atoms with Gasteiger partial charge in [0.2, 0.25) is 11.8 Å². The predicted molar refractivity (Wildman–Crippen MR) is 132 cm³/mol. The minimum absolute atomic E-state index is 0.211. The Hall–Kier alpha value is -3.58. The predicted octanol–water partition coefficient (Wildman–Crippen LogP) is 4.19. The standard InChI is InChI=1S/C25H19F3N2O6S2/c1-2-35-16(31)11-36-13-9-7-12(8-10-13)17-18-20(37-21-19(17)38-24(34)29-21)23(33)30(22(18)32)15-6-4-3-5-14(15)25(26,27)28/h3-10,17-18,20H,2,11H2,1H3,(H,29,34). The van der Waals surface area contributed by atoms with Crippen LogP contribution in [0.2, 0.25) is 0 Å². The SMILES string of the molecule is CCOC(=O)COc1ccc(C2c3sc(=O)[nH]c3SC3C(=O)N(c4ccccc4C(F)(F)F)C(=O)C32)cc1. The van der Waals surface area contributed by atoms with Crippen molar-refractivity contribution in [2.75, 3.05) is 18.1 Å². The van der Waals surface area contributed by atoms with Gasteiger partial charge in [-0.1, -0.05) is 47.4 Å². The zero-order valence-electron chi connectivity index (χ0n) is 19.6. The van der Waals surface area contributed by atoms with Gasteiger partial charge >= 0.3 is 17.0 Å². The van der Waals surface area contributed by atoms with E-state index in [2.05, 4.69) is 4.98 Å². The number of carbonyl (C=O) groups is 3. The summed E-state index contributed by atoms with van der Waals surface area (Å²) in [4.78, 5) is 54.3. The quantitative estimate of drug-likeness (QED) is 0.354. The van der Waals surface area contributed by atoms with E-state index in [4.69, 9.17) is 9.47 Å². The molecule has 13 heteroatoms. The third-order valence-electron chi connectivity index (χ3n) is 6.18. The molecule has 0 saturated carbocycles. The fraction of sp³-hybridized carbons (Fsp3) is 0.280. The van der Waals surface area contributed by atoms with Crippen LogP contribution < -0.4 is 14.5 Å². The Morgan fingerprint density at radius 3 is 2.45 bits per heavy atom. The van der Waals surface area contributed by atoms with Crippen molar-refractivity contribution in [1.29, 1.82) is 0 Å². The number of thioether (sulfide) groups is 1. The minimum Gasteiger partial charge on any atom is -0.482 e. The Morgan fingerprint density at radius 1 is 1.05 bits per heavy atom. The average Bonchev–Trinajstić information content (AvgIpc) is 3.37. The van der Waals surface area contributed by atoms with Crippen LogP contribution in [0.5, 0.6) is 5.75 Å². The Balaban J connectivity index is 1.52. The van der Waals surface area contributed by atoms with Crippen LogP contribution in [-0.2, 0) is 25.3 Å². The van der Waals surface area contributed by atoms with E-state index in [1.807, 2.05) is 0 Å². The fourth-order valence-corrected chi connectivity index (χ4v) is 7.15. The summed E-state index contributed by atoms with van der Waals surface area (Å²) in [7, 11) is 0. The first-order valence-electron chi connectivity index (χ1n) is 11.4. The number of amides is 2. The Bertz CT molecular complexity index is 1470. The van der Waals surface area contributed by atoms with E-state index < -0.39 is 52.3 Å². The molecule has 0 bridgehead atoms. The molecular weight excluding hydrogens is 545 g/mol. The van der Waals surface area contributed by atoms with Crippen LogP contribution >= 0.6 is 23.1 Å². The number of halogens is 3. The van der Waals surface area contributed by atoms with E-state index in [9.17, 15) is 32.3 Å². The third-order valence-corrected chi connectivity index (χ3v) is 8.58. The number of imide groups is 1. The number of rotatable bonds is 6. The molecule has 38 heavy (non-hydrogen) atoms. The molecule has 5 rings (SSSR count). The molecule has 2 aromatic carbocycles. The second-order valence-electron chi connectivity index (χ2n) is 8.44. The number of hydrogen-bond acceptors (Lipinski definition) is 8. The van der Waals surface area contributed by atoms with Crippen LogP contribution in [0.25, 0.3) is 0 Å². The maximum absolute atomic E-state index is 13.7. The number of benzene rings is 2. The number of nitrogens with zero attached hydrogens (tertiary/aromatic N) is 1. The van der Waals surface area contributed by atoms with Gasteiger partial charge in [0, 0.05) is 10.8 Å². The Labute approximate surface area is 221 Å². The molecule has 1 aromatic heterocycles. The van der Waals surface area contributed by atoms with Crippen molar-refractivity contribution in [3.63, 3.8) is 0 Å². The van der Waals surface area contributed by atoms with E-state index in [1.165, 1.54) is 12.1 Å². The van der Waals surface area contributed by atoms with Gasteiger partial charge in [-0.2, -0.15) is 13.2 Å². The van der Waals surface area contributed by atoms with E-state index in [0.717, 1.165) is 35.2 Å². The molecule has 3 unspecified atom stereocenters. The smallest absolute Gasteiger partial charge is 0.418 e. The zero-order valence-corrected chi connectivity index (χ0v) is 21.2. The van der Waals surface area contributed by atoms with Crippen LogP contribution in [0.1, 0.15) is 28.8 Å². The Kier molecular flexibility index (Phi) is 6.82. The molecule has 3 heterocycles. The number of carbonyl (C=O) groups excluding carboxylic acids is 3. The number of H-pyrrole nitrogens is 1. The first-order valence-corrected chi connectivity index (χ1v) is 13.1. The second-order valence-corrected chi connectivity index (χ2v) is 10.6. The van der Waals surface area contributed by atoms with Crippen molar-refractivity contribution in [3.05, 3.63) is 74.2 Å². The van der Waals surface area contributed by atoms with Gasteiger partial charge in [-0.3, -0.25) is 14.4 Å². The van der Waals surface area contributed by atoms with Crippen molar-refractivity contribution in [3.8, 4) is 5.75 Å². The molecule has 1 N–H and O–H groups in total. The molecule has 8 nitrogen and oxygen atoms in total. The normalized spacial score (nSPS) is 20.7. The summed E-state index contributed by atoms with van der Waals surface area (Å²) < 4.78 is 51.5. The molecular formula is C25H19F3N2O6S2. The number of aromatic nitrogens is 1. The number of alkyl halides is 3. The number of anilines is 1. The van der Waals surface area contributed by atoms with Gasteiger partial charge in [-0.25, -0.2) is 9.69 Å². The van der Waals surface area contributed by atoms with Crippen LogP contribution in [0.4, 0.5) is 18.9 Å². The molecule has 1 saturated heterocycles. The van der Waals surface area contributed by atoms with Crippen LogP contribution in [-0.4, -0.2) is 41.2 Å². The highest BCUT2D eigenvalue weighted by atomic mass is 32.2. The number of thiazole rings is 1. The third kappa shape index (κ3) is 4.60. The largest absolute Gasteiger partial charge is 0.482 e. The summed E-state index contributed by atoms with van der Waals surface area (Å²) >= 11 is 1.86. The highest BCUT2D eigenvalue weighted by molar-refractivity contribution is 8.00. The van der Waals surface area contributed by atoms with Crippen LogP contribution in [0.15, 0.2) is 58.4 Å². The maximum Gasteiger partial charge on any atom is 0.418 e. The van der Waals surface area contributed by atoms with Crippen LogP contribution in [0, 0.1) is 5.92 Å². The average molecular weight is 565 g/mol. The van der Waals surface area contributed by atoms with Gasteiger partial charge in [0.1, 0.15) is 11.0 Å². The van der Waals surface area contributed by atoms with Gasteiger partial charge in [-0.15, -0.1) is 0 Å². The molecule has 3 aromatic rings. The molecule has 198 valence electrons. The van der Waals surface area contributed by atoms with Gasteiger partial charge in [0.25, 0.3) is 0 Å². The minimum atomic E-state index is -4.78. The molecule has 0 aliphatic carbocycles. The summed E-state index contributed by atoms with van der Waals surface area (Å²) in [5, 5.41) is -0.632. The fourth-order valence-electron chi connectivity index (χ4n) is 4.64. The Morgan fingerprint density at radius 2 is 1.76 bits per heavy atom. The topological polar surface area (TPSA) is 106 Å². The second kappa shape index (κ2) is 9.95. The summed E-state index contributed by atoms with van der Waals surface area (Å²) in [5.41, 5.74) is -1.05. The first-order chi connectivity index (χ1) is 18.1. The highest BCUT2D eigenvalue weighted by Gasteiger charge is 2.57. The number of para-hydroxylation sites is 1. The highest BCUT2D eigenvalue weighted by Crippen LogP contribution is 2.54. The van der Waals surface area contributed by atoms with Crippen molar-refractivity contribution in [1.82, 2.24) is 4.98 Å². The summed E-state index contributed by atoms with van der Waals surface area (Å²) in [6.07, 6.45) is -4.78. The number of fused-ring (bicyclic) bond motifs is 2. The lowest BCUT2D eigenvalue weighted by Crippen LogP contribution is -2.33. The van der Waals surface area contributed by atoms with Gasteiger partial charge in [-0.05, 0) is 36.8 Å². The van der Waals surface area contributed by atoms with E-state index in [-0.39, 0.29) is 18.1 Å². The monoisotopic (exact) mass is 564 g/mol.